The van der Waals surface area contributed by atoms with Crippen molar-refractivity contribution in [3.05, 3.63) is 16.6 Å². The summed E-state index contributed by atoms with van der Waals surface area (Å²) in [6.45, 7) is 0. The Balaban J connectivity index is 0.000000810. The number of carbonyl (C=O) groups is 1. The van der Waals surface area contributed by atoms with E-state index >= 15 is 0 Å². The Morgan fingerprint density at radius 2 is 2.40 bits per heavy atom. The average Bonchev–Trinajstić information content (AvgIpc) is 2.14. The van der Waals surface area contributed by atoms with Crippen LogP contribution in [0.5, 0.6) is 0 Å². The summed E-state index contributed by atoms with van der Waals surface area (Å²) in [5.74, 6) is -1.11. The second kappa shape index (κ2) is 3.81. The van der Waals surface area contributed by atoms with Crippen molar-refractivity contribution in [1.82, 2.24) is 9.97 Å². The number of aromatic nitrogens is 2. The van der Waals surface area contributed by atoms with Crippen molar-refractivity contribution in [2.45, 2.75) is 0 Å². The van der Waals surface area contributed by atoms with Crippen molar-refractivity contribution < 1.29 is 9.90 Å². The fourth-order valence-electron chi connectivity index (χ4n) is 0.408. The number of aromatic amines is 1. The molecule has 10 heavy (non-hydrogen) atoms. The third kappa shape index (κ3) is 2.18. The molecular formula is C4H3BrLiN2O2. The van der Waals surface area contributed by atoms with Crippen molar-refractivity contribution in [3.63, 3.8) is 0 Å². The molecule has 2 N–H and O–H groups in total. The molecule has 1 aromatic rings. The van der Waals surface area contributed by atoms with Crippen LogP contribution in [-0.2, 0) is 0 Å². The fourth-order valence-corrected chi connectivity index (χ4v) is 0.698. The van der Waals surface area contributed by atoms with Crippen LogP contribution in [0.4, 0.5) is 0 Å². The molecule has 0 spiro atoms. The monoisotopic (exact) mass is 197 g/mol. The fraction of sp³-hybridized carbons (Fsp3) is 0. The number of halogens is 1. The first kappa shape index (κ1) is 9.76. The number of H-pyrrole nitrogens is 1. The first-order valence-electron chi connectivity index (χ1n) is 2.14. The van der Waals surface area contributed by atoms with Crippen molar-refractivity contribution in [3.8, 4) is 0 Å². The van der Waals surface area contributed by atoms with E-state index in [-0.39, 0.29) is 24.7 Å². The summed E-state index contributed by atoms with van der Waals surface area (Å²) in [5, 5.41) is 8.28. The number of aromatic carboxylic acids is 1. The zero-order valence-corrected chi connectivity index (χ0v) is 6.84. The first-order chi connectivity index (χ1) is 4.20. The molecule has 0 aliphatic rings. The van der Waals surface area contributed by atoms with Crippen molar-refractivity contribution >= 4 is 40.8 Å². The SMILES string of the molecule is O=C(O)c1ncc(Br)[nH]1.[Li]. The molecule has 1 aromatic heterocycles. The van der Waals surface area contributed by atoms with Gasteiger partial charge in [0.15, 0.2) is 0 Å². The topological polar surface area (TPSA) is 66.0 Å². The summed E-state index contributed by atoms with van der Waals surface area (Å²) in [4.78, 5) is 16.1. The van der Waals surface area contributed by atoms with E-state index in [1.165, 1.54) is 6.20 Å². The number of nitrogens with zero attached hydrogens (tertiary/aromatic N) is 1. The molecule has 6 heteroatoms. The molecule has 0 bridgehead atoms. The summed E-state index contributed by atoms with van der Waals surface area (Å²) in [6.07, 6.45) is 1.39. The van der Waals surface area contributed by atoms with Crippen LogP contribution in [0.25, 0.3) is 0 Å². The number of carboxylic acid groups (broad SMARTS) is 1. The van der Waals surface area contributed by atoms with Gasteiger partial charge in [-0.25, -0.2) is 9.78 Å². The van der Waals surface area contributed by atoms with E-state index < -0.39 is 5.97 Å². The molecule has 1 radical (unpaired) electrons. The number of hydrogen-bond acceptors (Lipinski definition) is 2. The Labute approximate surface area is 77.3 Å². The minimum absolute atomic E-state index is 0. The molecule has 1 heterocycles. The molecule has 0 saturated heterocycles. The van der Waals surface area contributed by atoms with Gasteiger partial charge in [-0.05, 0) is 15.9 Å². The van der Waals surface area contributed by atoms with Gasteiger partial charge in [-0.15, -0.1) is 0 Å². The van der Waals surface area contributed by atoms with Gasteiger partial charge in [0.1, 0.15) is 4.60 Å². The molecule has 0 saturated carbocycles. The van der Waals surface area contributed by atoms with Crippen molar-refractivity contribution in [2.24, 2.45) is 0 Å². The Bertz CT molecular complexity index is 237. The summed E-state index contributed by atoms with van der Waals surface area (Å²) in [7, 11) is 0. The van der Waals surface area contributed by atoms with Crippen LogP contribution in [-0.4, -0.2) is 39.9 Å². The van der Waals surface area contributed by atoms with Gasteiger partial charge in [-0.1, -0.05) is 0 Å². The van der Waals surface area contributed by atoms with Gasteiger partial charge in [0, 0.05) is 18.9 Å². The summed E-state index contributed by atoms with van der Waals surface area (Å²) in [6, 6.07) is 0. The maximum Gasteiger partial charge on any atom is 0.371 e. The van der Waals surface area contributed by atoms with Crippen LogP contribution in [0, 0.1) is 0 Å². The average molecular weight is 198 g/mol. The third-order valence-corrected chi connectivity index (χ3v) is 1.15. The van der Waals surface area contributed by atoms with Gasteiger partial charge >= 0.3 is 5.97 Å². The molecule has 4 nitrogen and oxygen atoms in total. The zero-order chi connectivity index (χ0) is 6.85. The summed E-state index contributed by atoms with van der Waals surface area (Å²) in [5.41, 5.74) is 0. The molecular weight excluding hydrogens is 195 g/mol. The van der Waals surface area contributed by atoms with E-state index in [9.17, 15) is 4.79 Å². The predicted molar refractivity (Wildman–Crippen MR) is 39.0 cm³/mol. The molecule has 0 fully saturated rings. The quantitative estimate of drug-likeness (QED) is 0.645. The maximum absolute atomic E-state index is 10.1. The van der Waals surface area contributed by atoms with E-state index in [2.05, 4.69) is 25.9 Å². The van der Waals surface area contributed by atoms with Crippen LogP contribution in [0.1, 0.15) is 10.6 Å². The summed E-state index contributed by atoms with van der Waals surface area (Å²) >= 11 is 3.02. The normalized spacial score (nSPS) is 8.50. The van der Waals surface area contributed by atoms with E-state index in [0.29, 0.717) is 4.60 Å². The molecule has 0 aromatic carbocycles. The largest absolute Gasteiger partial charge is 0.475 e. The Morgan fingerprint density at radius 3 is 2.60 bits per heavy atom. The van der Waals surface area contributed by atoms with Crippen LogP contribution in [0.15, 0.2) is 10.8 Å². The molecule has 0 amide bonds. The number of rotatable bonds is 1. The second-order valence-corrected chi connectivity index (χ2v) is 2.24. The van der Waals surface area contributed by atoms with Gasteiger partial charge in [0.05, 0.1) is 6.20 Å². The Kier molecular flexibility index (Phi) is 3.72. The minimum Gasteiger partial charge on any atom is -0.475 e. The van der Waals surface area contributed by atoms with Gasteiger partial charge < -0.3 is 10.1 Å². The predicted octanol–water partition coefficient (Wildman–Crippen LogP) is 0.490. The van der Waals surface area contributed by atoms with Crippen molar-refractivity contribution in [1.29, 1.82) is 0 Å². The van der Waals surface area contributed by atoms with Gasteiger partial charge in [-0.2, -0.15) is 0 Å². The number of carboxylic acids is 1. The standard InChI is InChI=1S/C4H3BrN2O2.Li/c5-2-1-6-3(7-2)4(8)9;/h1H,(H,6,7)(H,8,9);. The number of hydrogen-bond donors (Lipinski definition) is 2. The van der Waals surface area contributed by atoms with Crippen LogP contribution in [0.2, 0.25) is 0 Å². The van der Waals surface area contributed by atoms with Crippen LogP contribution >= 0.6 is 15.9 Å². The van der Waals surface area contributed by atoms with E-state index in [4.69, 9.17) is 5.11 Å². The smallest absolute Gasteiger partial charge is 0.371 e. The van der Waals surface area contributed by atoms with Crippen LogP contribution in [0.3, 0.4) is 0 Å². The second-order valence-electron chi connectivity index (χ2n) is 1.38. The maximum atomic E-state index is 10.1. The number of nitrogens with one attached hydrogen (secondary N) is 1. The summed E-state index contributed by atoms with van der Waals surface area (Å²) < 4.78 is 0.569. The van der Waals surface area contributed by atoms with Crippen LogP contribution < -0.4 is 0 Å². The Morgan fingerprint density at radius 1 is 1.80 bits per heavy atom. The molecule has 1 rings (SSSR count). The first-order valence-corrected chi connectivity index (χ1v) is 2.93. The Hall–Kier alpha value is -0.243. The molecule has 0 aliphatic carbocycles. The van der Waals surface area contributed by atoms with E-state index in [0.717, 1.165) is 0 Å². The third-order valence-electron chi connectivity index (χ3n) is 0.747. The van der Waals surface area contributed by atoms with Gasteiger partial charge in [0.25, 0.3) is 0 Å². The molecule has 49 valence electrons. The van der Waals surface area contributed by atoms with E-state index in [1.54, 1.807) is 0 Å². The minimum atomic E-state index is -1.05. The zero-order valence-electron chi connectivity index (χ0n) is 5.26. The van der Waals surface area contributed by atoms with Crippen molar-refractivity contribution in [2.75, 3.05) is 0 Å². The van der Waals surface area contributed by atoms with E-state index in [1.807, 2.05) is 0 Å². The molecule has 0 atom stereocenters. The van der Waals surface area contributed by atoms with Gasteiger partial charge in [-0.3, -0.25) is 0 Å². The molecule has 0 unspecified atom stereocenters. The molecule has 0 aliphatic heterocycles. The number of imidazole rings is 1. The van der Waals surface area contributed by atoms with Gasteiger partial charge in [0.2, 0.25) is 5.82 Å².